The van der Waals surface area contributed by atoms with Crippen LogP contribution in [0.4, 0.5) is 0 Å². The van der Waals surface area contributed by atoms with Gasteiger partial charge in [-0.25, -0.2) is 13.3 Å². The van der Waals surface area contributed by atoms with E-state index in [-0.39, 0.29) is 5.75 Å². The van der Waals surface area contributed by atoms with Crippen LogP contribution in [0.25, 0.3) is 0 Å². The molecule has 0 unspecified atom stereocenters. The second kappa shape index (κ2) is 4.96. The summed E-state index contributed by atoms with van der Waals surface area (Å²) in [4.78, 5) is 2.28. The van der Waals surface area contributed by atoms with Crippen molar-refractivity contribution in [3.8, 4) is 0 Å². The van der Waals surface area contributed by atoms with E-state index in [4.69, 9.17) is 16.3 Å². The molecule has 0 radical (unpaired) electrons. The lowest BCUT2D eigenvalue weighted by molar-refractivity contribution is 0.482. The molecule has 92 valence electrons. The molecule has 0 heterocycles. The number of halogens is 1. The maximum atomic E-state index is 11.4. The lowest BCUT2D eigenvalue weighted by atomic mass is 10.1. The van der Waals surface area contributed by atoms with Gasteiger partial charge in [0.15, 0.2) is 9.84 Å². The van der Waals surface area contributed by atoms with Crippen molar-refractivity contribution < 1.29 is 21.4 Å². The molecule has 0 atom stereocenters. The fraction of sp³-hybridized carbons (Fsp3) is 1.00. The molecule has 15 heavy (non-hydrogen) atoms. The van der Waals surface area contributed by atoms with Crippen LogP contribution in [-0.2, 0) is 20.0 Å². The minimum absolute atomic E-state index is 0.307. The Bertz CT molecular complexity index is 399. The van der Waals surface area contributed by atoms with Gasteiger partial charge in [0.05, 0.1) is 17.3 Å². The highest BCUT2D eigenvalue weighted by atomic mass is 35.5. The lowest BCUT2D eigenvalue weighted by Crippen LogP contribution is -2.41. The van der Waals surface area contributed by atoms with Gasteiger partial charge in [0, 0.05) is 5.54 Å². The number of sulfone groups is 1. The van der Waals surface area contributed by atoms with E-state index in [9.17, 15) is 16.8 Å². The van der Waals surface area contributed by atoms with Crippen LogP contribution in [0.2, 0.25) is 0 Å². The van der Waals surface area contributed by atoms with Crippen molar-refractivity contribution in [2.45, 2.75) is 19.4 Å². The van der Waals surface area contributed by atoms with Gasteiger partial charge in [-0.05, 0) is 25.6 Å². The van der Waals surface area contributed by atoms with E-state index < -0.39 is 37.0 Å². The van der Waals surface area contributed by atoms with Gasteiger partial charge in [0.25, 0.3) is 10.1 Å². The van der Waals surface area contributed by atoms with E-state index in [1.165, 1.54) is 0 Å². The Hall–Kier alpha value is 0.110. The Labute approximate surface area is 94.8 Å². The van der Waals surface area contributed by atoms with Crippen molar-refractivity contribution in [2.75, 3.05) is 17.3 Å². The van der Waals surface area contributed by atoms with Gasteiger partial charge in [-0.1, -0.05) is 0 Å². The maximum absolute atomic E-state index is 11.4. The van der Waals surface area contributed by atoms with Crippen molar-refractivity contribution >= 4 is 31.7 Å². The summed E-state index contributed by atoms with van der Waals surface area (Å²) >= 11 is 5.31. The molecule has 0 fully saturated rings. The minimum atomic E-state index is -4.25. The molecule has 0 aliphatic carbocycles. The molecule has 0 bridgehead atoms. The Balaban J connectivity index is 4.47. The van der Waals surface area contributed by atoms with E-state index in [1.807, 2.05) is 0 Å². The number of hydrogen-bond acceptors (Lipinski definition) is 5. The summed E-state index contributed by atoms with van der Waals surface area (Å²) in [6.45, 7) is 3.12. The number of hydrogen-bond donors (Lipinski definition) is 2. The Morgan fingerprint density at radius 1 is 1.20 bits per heavy atom. The highest BCUT2D eigenvalue weighted by molar-refractivity contribution is 7.93. The first-order valence-corrected chi connectivity index (χ1v) is 7.82. The summed E-state index contributed by atoms with van der Waals surface area (Å²) in [6, 6.07) is 0. The van der Waals surface area contributed by atoms with Crippen LogP contribution >= 0.6 is 11.8 Å². The van der Waals surface area contributed by atoms with Crippen LogP contribution < -0.4 is 4.84 Å². The zero-order valence-electron chi connectivity index (χ0n) is 8.40. The Morgan fingerprint density at radius 3 is 2.00 bits per heavy atom. The fourth-order valence-electron chi connectivity index (χ4n) is 0.882. The van der Waals surface area contributed by atoms with Crippen molar-refractivity contribution in [3.05, 3.63) is 0 Å². The third-order valence-electron chi connectivity index (χ3n) is 1.49. The van der Waals surface area contributed by atoms with Gasteiger partial charge in [0.2, 0.25) is 0 Å². The van der Waals surface area contributed by atoms with Crippen LogP contribution in [-0.4, -0.2) is 44.2 Å². The van der Waals surface area contributed by atoms with Crippen LogP contribution in [0.5, 0.6) is 0 Å². The maximum Gasteiger partial charge on any atom is 0.265 e. The second-order valence-electron chi connectivity index (χ2n) is 3.86. The summed E-state index contributed by atoms with van der Waals surface area (Å²) in [7, 11) is -7.82. The van der Waals surface area contributed by atoms with Gasteiger partial charge < -0.3 is 0 Å². The van der Waals surface area contributed by atoms with Gasteiger partial charge in [-0.15, -0.1) is 0 Å². The summed E-state index contributed by atoms with van der Waals surface area (Å²) in [5.74, 6) is -1.72. The van der Waals surface area contributed by atoms with Crippen LogP contribution in [0.15, 0.2) is 0 Å². The van der Waals surface area contributed by atoms with Crippen molar-refractivity contribution in [3.63, 3.8) is 0 Å². The smallest absolute Gasteiger partial charge is 0.265 e. The molecule has 9 heteroatoms. The average Bonchev–Trinajstić information content (AvgIpc) is 1.98. The average molecular weight is 280 g/mol. The van der Waals surface area contributed by atoms with E-state index in [1.54, 1.807) is 13.8 Å². The molecule has 0 aliphatic heterocycles. The van der Waals surface area contributed by atoms with Gasteiger partial charge >= 0.3 is 0 Å². The summed E-state index contributed by atoms with van der Waals surface area (Å²) in [6.07, 6.45) is 0. The van der Waals surface area contributed by atoms with Crippen molar-refractivity contribution in [1.29, 1.82) is 0 Å². The van der Waals surface area contributed by atoms with Crippen LogP contribution in [0, 0.1) is 0 Å². The predicted molar refractivity (Wildman–Crippen MR) is 58.1 cm³/mol. The van der Waals surface area contributed by atoms with E-state index in [0.29, 0.717) is 0 Å². The van der Waals surface area contributed by atoms with Crippen LogP contribution in [0.3, 0.4) is 0 Å². The molecule has 6 nitrogen and oxygen atoms in total. The van der Waals surface area contributed by atoms with Gasteiger partial charge in [0.1, 0.15) is 0 Å². The quantitative estimate of drug-likeness (QED) is 0.516. The van der Waals surface area contributed by atoms with Gasteiger partial charge in [-0.2, -0.15) is 8.42 Å². The zero-order chi connectivity index (χ0) is 12.3. The monoisotopic (exact) mass is 279 g/mol. The lowest BCUT2D eigenvalue weighted by Gasteiger charge is -2.21. The summed E-state index contributed by atoms with van der Waals surface area (Å²) < 4.78 is 51.9. The second-order valence-corrected chi connectivity index (χ2v) is 7.80. The first-order chi connectivity index (χ1) is 6.47. The highest BCUT2D eigenvalue weighted by Crippen LogP contribution is 2.08. The fourth-order valence-corrected chi connectivity index (χ4v) is 4.20. The largest absolute Gasteiger partial charge is 0.286 e. The molecule has 0 amide bonds. The van der Waals surface area contributed by atoms with Crippen molar-refractivity contribution in [2.24, 2.45) is 0 Å². The molecule has 0 rings (SSSR count). The molecule has 0 aliphatic rings. The van der Waals surface area contributed by atoms with Crippen molar-refractivity contribution in [1.82, 2.24) is 4.84 Å². The standard InChI is InChI=1S/C6H14ClNO5S2/c1-6(2,8-7)5-14(9,10)3-4-15(11,12)13/h8H,3-5H2,1-2H3,(H,11,12,13). The molecular weight excluding hydrogens is 266 g/mol. The zero-order valence-corrected chi connectivity index (χ0v) is 10.8. The minimum Gasteiger partial charge on any atom is -0.286 e. The van der Waals surface area contributed by atoms with E-state index >= 15 is 0 Å². The molecule has 0 saturated heterocycles. The van der Waals surface area contributed by atoms with Crippen LogP contribution in [0.1, 0.15) is 13.8 Å². The summed E-state index contributed by atoms with van der Waals surface area (Å²) in [5, 5.41) is 0. The normalized spacial score (nSPS) is 14.1. The number of nitrogens with one attached hydrogen (secondary N) is 1. The predicted octanol–water partition coefficient (Wildman–Crippen LogP) is -0.189. The topological polar surface area (TPSA) is 101 Å². The highest BCUT2D eigenvalue weighted by Gasteiger charge is 2.26. The third-order valence-corrected chi connectivity index (χ3v) is 4.97. The molecule has 0 aromatic rings. The van der Waals surface area contributed by atoms with E-state index in [0.717, 1.165) is 0 Å². The third kappa shape index (κ3) is 7.97. The molecule has 2 N–H and O–H groups in total. The van der Waals surface area contributed by atoms with E-state index in [2.05, 4.69) is 4.84 Å². The Kier molecular flexibility index (Phi) is 5.00. The van der Waals surface area contributed by atoms with Gasteiger partial charge in [-0.3, -0.25) is 4.55 Å². The molecular formula is C6H14ClNO5S2. The summed E-state index contributed by atoms with van der Waals surface area (Å²) in [5.41, 5.74) is -0.848. The first-order valence-electron chi connectivity index (χ1n) is 4.01. The molecule has 0 aromatic heterocycles. The molecule has 0 spiro atoms. The molecule has 0 saturated carbocycles. The molecule has 0 aromatic carbocycles. The number of rotatable bonds is 6. The first kappa shape index (κ1) is 15.1. The SMILES string of the molecule is CC(C)(CS(=O)(=O)CCS(=O)(=O)O)NCl. The Morgan fingerprint density at radius 2 is 1.67 bits per heavy atom.